The summed E-state index contributed by atoms with van der Waals surface area (Å²) >= 11 is 5.86. The van der Waals surface area contributed by atoms with E-state index in [1.165, 1.54) is 18.2 Å². The molecule has 0 saturated carbocycles. The summed E-state index contributed by atoms with van der Waals surface area (Å²) in [4.78, 5) is 12.0. The van der Waals surface area contributed by atoms with Gasteiger partial charge in [-0.15, -0.1) is 0 Å². The molecular formula is C12H16ClFN2O. The Morgan fingerprint density at radius 2 is 2.24 bits per heavy atom. The Balaban J connectivity index is 2.91. The first-order valence-corrected chi connectivity index (χ1v) is 5.77. The lowest BCUT2D eigenvalue weighted by Gasteiger charge is -2.25. The van der Waals surface area contributed by atoms with E-state index in [0.717, 1.165) is 0 Å². The summed E-state index contributed by atoms with van der Waals surface area (Å²) in [5.41, 5.74) is 5.17. The van der Waals surface area contributed by atoms with E-state index in [9.17, 15) is 9.18 Å². The number of nitrogens with one attached hydrogen (secondary N) is 1. The first-order valence-electron chi connectivity index (χ1n) is 5.39. The minimum absolute atomic E-state index is 0.224. The van der Waals surface area contributed by atoms with Gasteiger partial charge in [0, 0.05) is 6.54 Å². The van der Waals surface area contributed by atoms with Crippen molar-refractivity contribution in [1.82, 2.24) is 0 Å². The van der Waals surface area contributed by atoms with Crippen molar-refractivity contribution < 1.29 is 9.18 Å². The number of carbonyl (C=O) groups excluding carboxylic acids is 1. The molecule has 0 radical (unpaired) electrons. The Labute approximate surface area is 105 Å². The molecule has 0 bridgehead atoms. The third-order valence-corrected chi connectivity index (χ3v) is 3.29. The highest BCUT2D eigenvalue weighted by Gasteiger charge is 2.30. The van der Waals surface area contributed by atoms with E-state index in [4.69, 9.17) is 17.3 Å². The van der Waals surface area contributed by atoms with Crippen LogP contribution in [0.1, 0.15) is 20.3 Å². The molecule has 1 unspecified atom stereocenters. The summed E-state index contributed by atoms with van der Waals surface area (Å²) in [6, 6.07) is 3.82. The number of hydrogen-bond acceptors (Lipinski definition) is 2. The zero-order valence-corrected chi connectivity index (χ0v) is 10.6. The molecule has 94 valence electrons. The van der Waals surface area contributed by atoms with Crippen LogP contribution < -0.4 is 11.1 Å². The fourth-order valence-electron chi connectivity index (χ4n) is 1.26. The highest BCUT2D eigenvalue weighted by atomic mass is 35.5. The second-order valence-corrected chi connectivity index (χ2v) is 4.60. The molecule has 0 aliphatic heterocycles. The van der Waals surface area contributed by atoms with Gasteiger partial charge in [0.25, 0.3) is 0 Å². The maximum atomic E-state index is 13.0. The molecule has 0 spiro atoms. The molecule has 1 aromatic rings. The lowest BCUT2D eigenvalue weighted by Crippen LogP contribution is -2.39. The van der Waals surface area contributed by atoms with Crippen LogP contribution in [-0.4, -0.2) is 12.5 Å². The Hall–Kier alpha value is -1.13. The third kappa shape index (κ3) is 3.17. The average Bonchev–Trinajstić information content (AvgIpc) is 2.32. The van der Waals surface area contributed by atoms with Crippen molar-refractivity contribution in [2.24, 2.45) is 11.1 Å². The van der Waals surface area contributed by atoms with Gasteiger partial charge in [-0.1, -0.05) is 18.5 Å². The number of amides is 1. The first-order chi connectivity index (χ1) is 7.92. The van der Waals surface area contributed by atoms with E-state index in [1.807, 2.05) is 6.92 Å². The summed E-state index contributed by atoms with van der Waals surface area (Å²) in [5.74, 6) is -0.703. The van der Waals surface area contributed by atoms with E-state index < -0.39 is 11.2 Å². The van der Waals surface area contributed by atoms with Gasteiger partial charge >= 0.3 is 0 Å². The van der Waals surface area contributed by atoms with Crippen LogP contribution in [0.2, 0.25) is 5.02 Å². The zero-order chi connectivity index (χ0) is 13.1. The van der Waals surface area contributed by atoms with Crippen molar-refractivity contribution in [3.05, 3.63) is 29.0 Å². The highest BCUT2D eigenvalue weighted by Crippen LogP contribution is 2.26. The fourth-order valence-corrected chi connectivity index (χ4v) is 1.43. The molecule has 0 fully saturated rings. The Kier molecular flexibility index (Phi) is 4.48. The van der Waals surface area contributed by atoms with Gasteiger partial charge in [-0.25, -0.2) is 4.39 Å². The van der Waals surface area contributed by atoms with Gasteiger partial charge in [0.15, 0.2) is 0 Å². The molecule has 1 rings (SSSR count). The monoisotopic (exact) mass is 258 g/mol. The molecular weight excluding hydrogens is 243 g/mol. The molecule has 0 aliphatic carbocycles. The topological polar surface area (TPSA) is 55.1 Å². The number of hydrogen-bond donors (Lipinski definition) is 2. The van der Waals surface area contributed by atoms with E-state index in [-0.39, 0.29) is 18.1 Å². The molecule has 17 heavy (non-hydrogen) atoms. The van der Waals surface area contributed by atoms with Gasteiger partial charge in [-0.05, 0) is 31.5 Å². The minimum Gasteiger partial charge on any atom is -0.329 e. The van der Waals surface area contributed by atoms with Crippen LogP contribution in [0.15, 0.2) is 18.2 Å². The van der Waals surface area contributed by atoms with Crippen molar-refractivity contribution in [1.29, 1.82) is 0 Å². The largest absolute Gasteiger partial charge is 0.329 e. The number of nitrogens with two attached hydrogens (primary N) is 1. The van der Waals surface area contributed by atoms with Crippen molar-refractivity contribution >= 4 is 23.2 Å². The molecule has 0 saturated heterocycles. The summed E-state index contributed by atoms with van der Waals surface area (Å²) in [6.07, 6.45) is 0.599. The Morgan fingerprint density at radius 3 is 2.76 bits per heavy atom. The van der Waals surface area contributed by atoms with Crippen LogP contribution in [0.3, 0.4) is 0 Å². The van der Waals surface area contributed by atoms with E-state index in [0.29, 0.717) is 11.4 Å². The van der Waals surface area contributed by atoms with Crippen molar-refractivity contribution in [2.45, 2.75) is 20.3 Å². The maximum Gasteiger partial charge on any atom is 0.231 e. The van der Waals surface area contributed by atoms with Crippen LogP contribution in [0.5, 0.6) is 0 Å². The zero-order valence-electron chi connectivity index (χ0n) is 9.89. The number of halogens is 2. The van der Waals surface area contributed by atoms with Gasteiger partial charge in [-0.2, -0.15) is 0 Å². The van der Waals surface area contributed by atoms with Crippen molar-refractivity contribution in [2.75, 3.05) is 11.9 Å². The van der Waals surface area contributed by atoms with Crippen molar-refractivity contribution in [3.63, 3.8) is 0 Å². The number of rotatable bonds is 4. The normalized spacial score (nSPS) is 14.2. The Morgan fingerprint density at radius 1 is 1.59 bits per heavy atom. The third-order valence-electron chi connectivity index (χ3n) is 2.96. The Bertz CT molecular complexity index is 419. The fraction of sp³-hybridized carbons (Fsp3) is 0.417. The number of carbonyl (C=O) groups is 1. The van der Waals surface area contributed by atoms with Gasteiger partial charge in [0.1, 0.15) is 5.82 Å². The maximum absolute atomic E-state index is 13.0. The minimum atomic E-state index is -0.671. The lowest BCUT2D eigenvalue weighted by atomic mass is 9.86. The number of benzene rings is 1. The summed E-state index contributed by atoms with van der Waals surface area (Å²) in [6.45, 7) is 3.86. The van der Waals surface area contributed by atoms with Crippen LogP contribution in [0, 0.1) is 11.2 Å². The predicted octanol–water partition coefficient (Wildman–Crippen LogP) is 2.79. The molecule has 5 heteroatoms. The number of anilines is 1. The van der Waals surface area contributed by atoms with Crippen LogP contribution in [0.4, 0.5) is 10.1 Å². The molecule has 1 amide bonds. The first kappa shape index (κ1) is 13.9. The van der Waals surface area contributed by atoms with Crippen LogP contribution in [0.25, 0.3) is 0 Å². The standard InChI is InChI=1S/C12H16ClFN2O/c1-3-12(2,7-15)11(17)16-10-6-8(14)4-5-9(10)13/h4-6H,3,7,15H2,1-2H3,(H,16,17). The van der Waals surface area contributed by atoms with Crippen LogP contribution >= 0.6 is 11.6 Å². The molecule has 1 atom stereocenters. The molecule has 0 heterocycles. The van der Waals surface area contributed by atoms with E-state index in [1.54, 1.807) is 6.92 Å². The second-order valence-electron chi connectivity index (χ2n) is 4.20. The quantitative estimate of drug-likeness (QED) is 0.873. The van der Waals surface area contributed by atoms with Gasteiger partial charge in [-0.3, -0.25) is 4.79 Å². The molecule has 3 nitrogen and oxygen atoms in total. The summed E-state index contributed by atoms with van der Waals surface area (Å²) in [7, 11) is 0. The lowest BCUT2D eigenvalue weighted by molar-refractivity contribution is -0.124. The predicted molar refractivity (Wildman–Crippen MR) is 67.5 cm³/mol. The molecule has 0 aromatic heterocycles. The summed E-state index contributed by atoms with van der Waals surface area (Å²) < 4.78 is 13.0. The molecule has 3 N–H and O–H groups in total. The van der Waals surface area contributed by atoms with Crippen LogP contribution in [-0.2, 0) is 4.79 Å². The molecule has 0 aliphatic rings. The average molecular weight is 259 g/mol. The van der Waals surface area contributed by atoms with Gasteiger partial charge in [0.05, 0.1) is 16.1 Å². The highest BCUT2D eigenvalue weighted by molar-refractivity contribution is 6.33. The molecule has 1 aromatic carbocycles. The van der Waals surface area contributed by atoms with Gasteiger partial charge in [0.2, 0.25) is 5.91 Å². The van der Waals surface area contributed by atoms with E-state index >= 15 is 0 Å². The van der Waals surface area contributed by atoms with Crippen molar-refractivity contribution in [3.8, 4) is 0 Å². The van der Waals surface area contributed by atoms with E-state index in [2.05, 4.69) is 5.32 Å². The SMILES string of the molecule is CCC(C)(CN)C(=O)Nc1cc(F)ccc1Cl. The smallest absolute Gasteiger partial charge is 0.231 e. The second kappa shape index (κ2) is 5.47. The van der Waals surface area contributed by atoms with Gasteiger partial charge < -0.3 is 11.1 Å². The summed E-state index contributed by atoms with van der Waals surface area (Å²) in [5, 5.41) is 2.90.